The Morgan fingerprint density at radius 2 is 2.00 bits per heavy atom. The molecule has 0 saturated heterocycles. The van der Waals surface area contributed by atoms with Crippen molar-refractivity contribution in [2.75, 3.05) is 11.9 Å². The fourth-order valence-electron chi connectivity index (χ4n) is 3.01. The second kappa shape index (κ2) is 4.69. The normalized spacial score (nSPS) is 17.9. The van der Waals surface area contributed by atoms with Crippen LogP contribution in [0.4, 0.5) is 5.69 Å². The third kappa shape index (κ3) is 2.05. The Kier molecular flexibility index (Phi) is 2.88. The molecular weight excluding hydrogens is 302 g/mol. The van der Waals surface area contributed by atoms with Crippen molar-refractivity contribution in [2.45, 2.75) is 24.4 Å². The van der Waals surface area contributed by atoms with Gasteiger partial charge < -0.3 is 9.88 Å². The molecule has 1 aromatic carbocycles. The molecule has 0 spiro atoms. The Morgan fingerprint density at radius 1 is 1.14 bits per heavy atom. The summed E-state index contributed by atoms with van der Waals surface area (Å²) in [6, 6.07) is 8.70. The van der Waals surface area contributed by atoms with E-state index in [0.717, 1.165) is 11.3 Å². The Balaban J connectivity index is 1.67. The van der Waals surface area contributed by atoms with Crippen LogP contribution in [0.5, 0.6) is 0 Å². The molecule has 0 aliphatic carbocycles. The average Bonchev–Trinajstić information content (AvgIpc) is 3.09. The highest BCUT2D eigenvalue weighted by Gasteiger charge is 2.29. The van der Waals surface area contributed by atoms with Crippen molar-refractivity contribution < 1.29 is 13.2 Å². The van der Waals surface area contributed by atoms with Crippen molar-refractivity contribution in [1.29, 1.82) is 0 Å². The lowest BCUT2D eigenvalue weighted by Crippen LogP contribution is -2.37. The maximum absolute atomic E-state index is 12.8. The highest BCUT2D eigenvalue weighted by atomic mass is 32.2. The number of rotatable bonds is 2. The van der Waals surface area contributed by atoms with Gasteiger partial charge in [-0.1, -0.05) is 0 Å². The number of nitrogens with one attached hydrogen (secondary N) is 1. The Labute approximate surface area is 128 Å². The van der Waals surface area contributed by atoms with Crippen molar-refractivity contribution in [2.24, 2.45) is 0 Å². The van der Waals surface area contributed by atoms with Crippen LogP contribution in [0.2, 0.25) is 0 Å². The number of hydrogen-bond acceptors (Lipinski definition) is 3. The molecule has 1 amide bonds. The molecule has 1 N–H and O–H groups in total. The number of carbonyl (C=O) groups excluding carboxylic acids is 1. The second-order valence-electron chi connectivity index (χ2n) is 5.58. The fraction of sp³-hybridized carbons (Fsp3) is 0.267. The quantitative estimate of drug-likeness (QED) is 0.904. The summed E-state index contributed by atoms with van der Waals surface area (Å²) in [6.45, 7) is 1.49. The van der Waals surface area contributed by atoms with Gasteiger partial charge in [0.25, 0.3) is 0 Å². The first kappa shape index (κ1) is 13.5. The minimum Gasteiger partial charge on any atom is -0.349 e. The highest BCUT2D eigenvalue weighted by molar-refractivity contribution is 7.89. The molecule has 6 nitrogen and oxygen atoms in total. The Morgan fingerprint density at radius 3 is 2.86 bits per heavy atom. The lowest BCUT2D eigenvalue weighted by molar-refractivity contribution is -0.115. The van der Waals surface area contributed by atoms with Crippen LogP contribution in [0.15, 0.2) is 41.4 Å². The zero-order valence-corrected chi connectivity index (χ0v) is 12.6. The van der Waals surface area contributed by atoms with E-state index in [2.05, 4.69) is 9.88 Å². The van der Waals surface area contributed by atoms with Crippen LogP contribution >= 0.6 is 0 Å². The van der Waals surface area contributed by atoms with Crippen LogP contribution in [0.3, 0.4) is 0 Å². The number of sulfonamides is 1. The molecule has 3 heterocycles. The standard InChI is InChI=1S/C15H15N3O3S/c19-15-9-11-8-13(3-4-14(11)16-15)22(20,21)18-7-6-17-5-1-2-12(17)10-18/h1-5,8H,6-7,9-10H2,(H,16,19). The summed E-state index contributed by atoms with van der Waals surface area (Å²) in [5, 5.41) is 2.71. The van der Waals surface area contributed by atoms with Crippen molar-refractivity contribution in [3.8, 4) is 0 Å². The van der Waals surface area contributed by atoms with Crippen LogP contribution in [-0.2, 0) is 34.3 Å². The van der Waals surface area contributed by atoms with Gasteiger partial charge in [0, 0.05) is 30.7 Å². The summed E-state index contributed by atoms with van der Waals surface area (Å²) in [4.78, 5) is 11.6. The molecule has 0 radical (unpaired) electrons. The molecule has 2 aliphatic rings. The molecule has 0 saturated carbocycles. The number of aromatic nitrogens is 1. The lowest BCUT2D eigenvalue weighted by atomic mass is 10.2. The minimum atomic E-state index is -3.54. The first-order valence-corrected chi connectivity index (χ1v) is 8.55. The molecule has 22 heavy (non-hydrogen) atoms. The number of carbonyl (C=O) groups is 1. The van der Waals surface area contributed by atoms with Crippen molar-refractivity contribution >= 4 is 21.6 Å². The number of amides is 1. The van der Waals surface area contributed by atoms with Crippen molar-refractivity contribution in [3.05, 3.63) is 47.8 Å². The predicted molar refractivity (Wildman–Crippen MR) is 80.8 cm³/mol. The maximum atomic E-state index is 12.8. The summed E-state index contributed by atoms with van der Waals surface area (Å²) in [5.74, 6) is -0.0969. The van der Waals surface area contributed by atoms with E-state index in [-0.39, 0.29) is 17.2 Å². The SMILES string of the molecule is O=C1Cc2cc(S(=O)(=O)N3CCn4cccc4C3)ccc2N1. The van der Waals surface area contributed by atoms with E-state index in [4.69, 9.17) is 0 Å². The van der Waals surface area contributed by atoms with Crippen LogP contribution < -0.4 is 5.32 Å². The summed E-state index contributed by atoms with van der Waals surface area (Å²) < 4.78 is 29.2. The lowest BCUT2D eigenvalue weighted by Gasteiger charge is -2.28. The van der Waals surface area contributed by atoms with Gasteiger partial charge in [-0.25, -0.2) is 8.42 Å². The van der Waals surface area contributed by atoms with Crippen LogP contribution in [-0.4, -0.2) is 29.7 Å². The molecule has 2 aliphatic heterocycles. The van der Waals surface area contributed by atoms with E-state index in [1.165, 1.54) is 4.31 Å². The van der Waals surface area contributed by atoms with Crippen molar-refractivity contribution in [1.82, 2.24) is 8.87 Å². The summed E-state index contributed by atoms with van der Waals surface area (Å²) in [7, 11) is -3.54. The molecule has 4 rings (SSSR count). The van der Waals surface area contributed by atoms with Crippen LogP contribution in [0.1, 0.15) is 11.3 Å². The van der Waals surface area contributed by atoms with Gasteiger partial charge in [0.05, 0.1) is 17.9 Å². The van der Waals surface area contributed by atoms with Gasteiger partial charge >= 0.3 is 0 Å². The molecule has 0 bridgehead atoms. The van der Waals surface area contributed by atoms with Gasteiger partial charge in [-0.3, -0.25) is 4.79 Å². The third-order valence-electron chi connectivity index (χ3n) is 4.19. The zero-order chi connectivity index (χ0) is 15.3. The maximum Gasteiger partial charge on any atom is 0.243 e. The predicted octanol–water partition coefficient (Wildman–Crippen LogP) is 1.19. The van der Waals surface area contributed by atoms with Gasteiger partial charge in [0.2, 0.25) is 15.9 Å². The van der Waals surface area contributed by atoms with Gasteiger partial charge in [-0.2, -0.15) is 4.31 Å². The number of anilines is 1. The molecule has 0 unspecified atom stereocenters. The largest absolute Gasteiger partial charge is 0.349 e. The summed E-state index contributed by atoms with van der Waals surface area (Å²) >= 11 is 0. The van der Waals surface area contributed by atoms with Gasteiger partial charge in [0.1, 0.15) is 0 Å². The van der Waals surface area contributed by atoms with Crippen molar-refractivity contribution in [3.63, 3.8) is 0 Å². The molecule has 0 atom stereocenters. The molecule has 2 aromatic rings. The number of nitrogens with zero attached hydrogens (tertiary/aromatic N) is 2. The molecule has 1 aromatic heterocycles. The smallest absolute Gasteiger partial charge is 0.243 e. The van der Waals surface area contributed by atoms with Crippen LogP contribution in [0, 0.1) is 0 Å². The fourth-order valence-corrected chi connectivity index (χ4v) is 4.46. The van der Waals surface area contributed by atoms with Crippen LogP contribution in [0.25, 0.3) is 0 Å². The monoisotopic (exact) mass is 317 g/mol. The van der Waals surface area contributed by atoms with E-state index >= 15 is 0 Å². The van der Waals surface area contributed by atoms with E-state index < -0.39 is 10.0 Å². The third-order valence-corrected chi connectivity index (χ3v) is 6.03. The zero-order valence-electron chi connectivity index (χ0n) is 11.8. The molecule has 114 valence electrons. The van der Waals surface area contributed by atoms with Gasteiger partial charge in [0.15, 0.2) is 0 Å². The second-order valence-corrected chi connectivity index (χ2v) is 7.51. The molecule has 0 fully saturated rings. The minimum absolute atomic E-state index is 0.0969. The Bertz CT molecular complexity index is 870. The Hall–Kier alpha value is -2.12. The first-order valence-electron chi connectivity index (χ1n) is 7.11. The van der Waals surface area contributed by atoms with E-state index in [9.17, 15) is 13.2 Å². The van der Waals surface area contributed by atoms with Gasteiger partial charge in [-0.15, -0.1) is 0 Å². The number of fused-ring (bicyclic) bond motifs is 2. The van der Waals surface area contributed by atoms with E-state index in [0.29, 0.717) is 25.3 Å². The number of hydrogen-bond donors (Lipinski definition) is 1. The molecular formula is C15H15N3O3S. The summed E-state index contributed by atoms with van der Waals surface area (Å²) in [6.07, 6.45) is 2.20. The van der Waals surface area contributed by atoms with E-state index in [1.54, 1.807) is 18.2 Å². The average molecular weight is 317 g/mol. The first-order chi connectivity index (χ1) is 10.5. The number of benzene rings is 1. The van der Waals surface area contributed by atoms with E-state index in [1.807, 2.05) is 18.3 Å². The topological polar surface area (TPSA) is 71.4 Å². The van der Waals surface area contributed by atoms with Gasteiger partial charge in [-0.05, 0) is 35.9 Å². The summed E-state index contributed by atoms with van der Waals surface area (Å²) in [5.41, 5.74) is 2.44. The highest BCUT2D eigenvalue weighted by Crippen LogP contribution is 2.28. The molecule has 7 heteroatoms.